The van der Waals surface area contributed by atoms with E-state index in [1.54, 1.807) is 6.07 Å². The first-order valence-corrected chi connectivity index (χ1v) is 10.4. The van der Waals surface area contributed by atoms with Crippen LogP contribution in [-0.2, 0) is 19.1 Å². The molecule has 0 radical (unpaired) electrons. The molecule has 0 saturated heterocycles. The van der Waals surface area contributed by atoms with Crippen molar-refractivity contribution in [3.8, 4) is 5.75 Å². The van der Waals surface area contributed by atoms with Crippen LogP contribution in [0.25, 0.3) is 4.85 Å². The van der Waals surface area contributed by atoms with E-state index in [0.717, 1.165) is 28.8 Å². The number of hydrogen-bond donors (Lipinski definition) is 1. The van der Waals surface area contributed by atoms with Gasteiger partial charge in [0.25, 0.3) is 0 Å². The van der Waals surface area contributed by atoms with Crippen molar-refractivity contribution in [1.29, 1.82) is 0 Å². The van der Waals surface area contributed by atoms with E-state index in [0.29, 0.717) is 31.0 Å². The second-order valence-electron chi connectivity index (χ2n) is 7.95. The molecule has 1 aliphatic rings. The molecule has 0 bridgehead atoms. The Morgan fingerprint density at radius 1 is 1.12 bits per heavy atom. The molecule has 33 heavy (non-hydrogen) atoms. The number of ether oxygens (including phenoxy) is 1. The van der Waals surface area contributed by atoms with Gasteiger partial charge in [-0.2, -0.15) is 13.2 Å². The molecule has 0 fully saturated rings. The summed E-state index contributed by atoms with van der Waals surface area (Å²) in [5.74, 6) is 1.45. The van der Waals surface area contributed by atoms with E-state index in [1.165, 1.54) is 12.4 Å². The Hall–Kier alpha value is -3.80. The van der Waals surface area contributed by atoms with Crippen molar-refractivity contribution in [2.75, 3.05) is 16.8 Å². The summed E-state index contributed by atoms with van der Waals surface area (Å²) in [5.41, 5.74) is 1.62. The van der Waals surface area contributed by atoms with E-state index in [9.17, 15) is 13.2 Å². The predicted octanol–water partition coefficient (Wildman–Crippen LogP) is 6.14. The van der Waals surface area contributed by atoms with Crippen molar-refractivity contribution < 1.29 is 17.9 Å². The Kier molecular flexibility index (Phi) is 6.09. The zero-order valence-electron chi connectivity index (χ0n) is 18.1. The van der Waals surface area contributed by atoms with Crippen molar-refractivity contribution in [1.82, 2.24) is 9.97 Å². The molecule has 0 amide bonds. The molecule has 0 aliphatic carbocycles. The number of anilines is 3. The van der Waals surface area contributed by atoms with Crippen molar-refractivity contribution in [3.05, 3.63) is 77.0 Å². The van der Waals surface area contributed by atoms with Crippen molar-refractivity contribution in [2.24, 2.45) is 0 Å². The molecule has 4 rings (SSSR count). The third-order valence-electron chi connectivity index (χ3n) is 5.27. The molecule has 170 valence electrons. The van der Waals surface area contributed by atoms with Crippen molar-refractivity contribution in [3.63, 3.8) is 0 Å². The highest BCUT2D eigenvalue weighted by Gasteiger charge is 2.34. The van der Waals surface area contributed by atoms with Crippen molar-refractivity contribution in [2.45, 2.75) is 39.1 Å². The minimum absolute atomic E-state index is 0.0884. The highest BCUT2D eigenvalue weighted by molar-refractivity contribution is 5.65. The van der Waals surface area contributed by atoms with Gasteiger partial charge in [-0.05, 0) is 56.7 Å². The Labute approximate surface area is 189 Å². The number of alkyl halides is 3. The molecule has 2 heterocycles. The highest BCUT2D eigenvalue weighted by atomic mass is 19.4. The van der Waals surface area contributed by atoms with E-state index in [2.05, 4.69) is 20.1 Å². The van der Waals surface area contributed by atoms with Gasteiger partial charge in [0.15, 0.2) is 5.69 Å². The van der Waals surface area contributed by atoms with Gasteiger partial charge in [-0.15, -0.1) is 0 Å². The van der Waals surface area contributed by atoms with E-state index in [-0.39, 0.29) is 6.10 Å². The summed E-state index contributed by atoms with van der Waals surface area (Å²) < 4.78 is 45.8. The SMILES string of the molecule is [C-]#[N+]c1ccc(N2CCc3c(ncnc3Nc3ccc(OC(C)C)cc3)C2)cc1C(F)(F)F. The second-order valence-corrected chi connectivity index (χ2v) is 7.95. The normalized spacial score (nSPS) is 13.4. The first-order chi connectivity index (χ1) is 15.7. The Morgan fingerprint density at radius 3 is 2.55 bits per heavy atom. The van der Waals surface area contributed by atoms with Crippen LogP contribution in [0.3, 0.4) is 0 Å². The molecule has 9 heteroatoms. The van der Waals surface area contributed by atoms with Crippen LogP contribution in [0.2, 0.25) is 0 Å². The van der Waals surface area contributed by atoms with Crippen LogP contribution < -0.4 is 15.0 Å². The summed E-state index contributed by atoms with van der Waals surface area (Å²) in [6.07, 6.45) is -2.48. The van der Waals surface area contributed by atoms with Crippen LogP contribution in [-0.4, -0.2) is 22.6 Å². The molecule has 0 saturated carbocycles. The Morgan fingerprint density at radius 2 is 1.88 bits per heavy atom. The molecule has 1 N–H and O–H groups in total. The smallest absolute Gasteiger partial charge is 0.407 e. The standard InChI is InChI=1S/C24H22F3N5O/c1-15(2)33-18-7-4-16(5-8-18)31-23-19-10-11-32(13-22(19)29-14-30-23)17-6-9-21(28-3)20(12-17)24(25,26)27/h4-9,12,14-15H,10-11,13H2,1-2H3,(H,29,30,31). The van der Waals surface area contributed by atoms with E-state index in [1.807, 2.05) is 43.0 Å². The van der Waals surface area contributed by atoms with Gasteiger partial charge in [-0.3, -0.25) is 0 Å². The first-order valence-electron chi connectivity index (χ1n) is 10.4. The van der Waals surface area contributed by atoms with Gasteiger partial charge in [0.1, 0.15) is 17.9 Å². The largest absolute Gasteiger partial charge is 0.491 e. The molecule has 6 nitrogen and oxygen atoms in total. The number of halogens is 3. The van der Waals surface area contributed by atoms with Gasteiger partial charge >= 0.3 is 6.18 Å². The van der Waals surface area contributed by atoms with Gasteiger partial charge < -0.3 is 15.0 Å². The molecule has 3 aromatic rings. The van der Waals surface area contributed by atoms with Crippen LogP contribution in [0.15, 0.2) is 48.8 Å². The van der Waals surface area contributed by atoms with E-state index in [4.69, 9.17) is 11.3 Å². The summed E-state index contributed by atoms with van der Waals surface area (Å²) in [7, 11) is 0. The number of fused-ring (bicyclic) bond motifs is 1. The maximum Gasteiger partial charge on any atom is 0.407 e. The maximum atomic E-state index is 13.4. The molecule has 0 atom stereocenters. The lowest BCUT2D eigenvalue weighted by Crippen LogP contribution is -2.32. The fourth-order valence-corrected chi connectivity index (χ4v) is 3.75. The lowest BCUT2D eigenvalue weighted by molar-refractivity contribution is -0.136. The molecule has 0 unspecified atom stereocenters. The first kappa shape index (κ1) is 22.4. The number of rotatable bonds is 5. The highest BCUT2D eigenvalue weighted by Crippen LogP contribution is 2.39. The maximum absolute atomic E-state index is 13.4. The molecule has 2 aromatic carbocycles. The third kappa shape index (κ3) is 5.00. The van der Waals surface area contributed by atoms with Crippen molar-refractivity contribution >= 4 is 22.9 Å². The van der Waals surface area contributed by atoms with Crippen LogP contribution >= 0.6 is 0 Å². The number of benzene rings is 2. The van der Waals surface area contributed by atoms with Crippen LogP contribution in [0.4, 0.5) is 36.1 Å². The quantitative estimate of drug-likeness (QED) is 0.471. The summed E-state index contributed by atoms with van der Waals surface area (Å²) in [4.78, 5) is 13.6. The molecule has 1 aromatic heterocycles. The Bertz CT molecular complexity index is 1190. The summed E-state index contributed by atoms with van der Waals surface area (Å²) in [6.45, 7) is 11.8. The summed E-state index contributed by atoms with van der Waals surface area (Å²) in [5, 5.41) is 3.30. The van der Waals surface area contributed by atoms with Crippen LogP contribution in [0.5, 0.6) is 5.75 Å². The lowest BCUT2D eigenvalue weighted by Gasteiger charge is -2.31. The zero-order chi connectivity index (χ0) is 23.6. The summed E-state index contributed by atoms with van der Waals surface area (Å²) in [6, 6.07) is 11.4. The number of aromatic nitrogens is 2. The molecule has 0 spiro atoms. The topological polar surface area (TPSA) is 54.6 Å². The van der Waals surface area contributed by atoms with Gasteiger partial charge in [0, 0.05) is 23.5 Å². The predicted molar refractivity (Wildman–Crippen MR) is 120 cm³/mol. The van der Waals surface area contributed by atoms with Gasteiger partial charge in [0.05, 0.1) is 30.5 Å². The minimum Gasteiger partial charge on any atom is -0.491 e. The number of nitrogens with zero attached hydrogens (tertiary/aromatic N) is 4. The van der Waals surface area contributed by atoms with Gasteiger partial charge in [0.2, 0.25) is 0 Å². The van der Waals surface area contributed by atoms with E-state index < -0.39 is 17.4 Å². The minimum atomic E-state index is -4.58. The summed E-state index contributed by atoms with van der Waals surface area (Å²) >= 11 is 0. The second kappa shape index (κ2) is 8.98. The molecule has 1 aliphatic heterocycles. The third-order valence-corrected chi connectivity index (χ3v) is 5.27. The lowest BCUT2D eigenvalue weighted by atomic mass is 10.0. The average Bonchev–Trinajstić information content (AvgIpc) is 2.79. The Balaban J connectivity index is 1.54. The zero-order valence-corrected chi connectivity index (χ0v) is 18.1. The number of hydrogen-bond acceptors (Lipinski definition) is 5. The van der Waals surface area contributed by atoms with E-state index >= 15 is 0 Å². The fourth-order valence-electron chi connectivity index (χ4n) is 3.75. The number of nitrogens with one attached hydrogen (secondary N) is 1. The monoisotopic (exact) mass is 453 g/mol. The fraction of sp³-hybridized carbons (Fsp3) is 0.292. The average molecular weight is 453 g/mol. The van der Waals surface area contributed by atoms with Crippen LogP contribution in [0.1, 0.15) is 30.7 Å². The van der Waals surface area contributed by atoms with Crippen LogP contribution in [0, 0.1) is 6.57 Å². The molecular formula is C24H22F3N5O. The van der Waals surface area contributed by atoms with Gasteiger partial charge in [-0.1, -0.05) is 6.07 Å². The van der Waals surface area contributed by atoms with Gasteiger partial charge in [-0.25, -0.2) is 14.8 Å². The molecular weight excluding hydrogens is 431 g/mol.